The van der Waals surface area contributed by atoms with Gasteiger partial charge in [0.05, 0.1) is 18.8 Å². The van der Waals surface area contributed by atoms with Crippen molar-refractivity contribution < 1.29 is 19.4 Å². The van der Waals surface area contributed by atoms with Gasteiger partial charge in [0.2, 0.25) is 0 Å². The van der Waals surface area contributed by atoms with Gasteiger partial charge in [-0.15, -0.1) is 0 Å². The van der Waals surface area contributed by atoms with E-state index in [1.807, 2.05) is 63.5 Å². The summed E-state index contributed by atoms with van der Waals surface area (Å²) in [7, 11) is 4.01. The van der Waals surface area contributed by atoms with Gasteiger partial charge in [-0.2, -0.15) is 0 Å². The monoisotopic (exact) mass is 477 g/mol. The first-order valence-corrected chi connectivity index (χ1v) is 11.7. The van der Waals surface area contributed by atoms with Gasteiger partial charge in [-0.25, -0.2) is 4.79 Å². The molecule has 0 unspecified atom stereocenters. The maximum absolute atomic E-state index is 11.1. The van der Waals surface area contributed by atoms with Crippen LogP contribution in [-0.2, 0) is 4.74 Å². The standard InChI is InChI=1S/C18H21NO3.C10H14N2O/c1-13-4-5-15(18(20)21)12-17(13)14-6-8-16(9-7-14)22-11-10-19(2)3;11-9-1-3-10(4-2-9)12-5-7-13-8-6-12/h4-9,12H,10-11H2,1-3H3,(H,20,21);1-4H,5-8,11H2. The maximum Gasteiger partial charge on any atom is 0.335 e. The molecular weight excluding hydrogens is 442 g/mol. The van der Waals surface area contributed by atoms with E-state index in [0.29, 0.717) is 12.2 Å². The average molecular weight is 478 g/mol. The molecule has 0 amide bonds. The van der Waals surface area contributed by atoms with Crippen molar-refractivity contribution in [3.8, 4) is 16.9 Å². The molecule has 0 bridgehead atoms. The zero-order chi connectivity index (χ0) is 25.2. The molecule has 4 rings (SSSR count). The first-order valence-electron chi connectivity index (χ1n) is 11.7. The van der Waals surface area contributed by atoms with E-state index in [1.54, 1.807) is 12.1 Å². The Kier molecular flexibility index (Phi) is 9.52. The lowest BCUT2D eigenvalue weighted by Gasteiger charge is -2.28. The minimum atomic E-state index is -0.912. The molecule has 0 atom stereocenters. The van der Waals surface area contributed by atoms with Crippen LogP contribution in [0.2, 0.25) is 0 Å². The molecule has 3 N–H and O–H groups in total. The minimum absolute atomic E-state index is 0.298. The van der Waals surface area contributed by atoms with E-state index >= 15 is 0 Å². The number of nitrogens with zero attached hydrogens (tertiary/aromatic N) is 2. The Bertz CT molecular complexity index is 1080. The topological polar surface area (TPSA) is 88.3 Å². The molecular formula is C28H35N3O4. The highest BCUT2D eigenvalue weighted by Gasteiger charge is 2.10. The molecule has 3 aromatic rings. The number of morpholine rings is 1. The number of likely N-dealkylation sites (N-methyl/N-ethyl adjacent to an activating group) is 1. The van der Waals surface area contributed by atoms with Crippen LogP contribution in [0.25, 0.3) is 11.1 Å². The number of aryl methyl sites for hydroxylation is 1. The van der Waals surface area contributed by atoms with Crippen molar-refractivity contribution in [3.05, 3.63) is 77.9 Å². The lowest BCUT2D eigenvalue weighted by Crippen LogP contribution is -2.36. The Morgan fingerprint density at radius 3 is 2.29 bits per heavy atom. The quantitative estimate of drug-likeness (QED) is 0.488. The summed E-state index contributed by atoms with van der Waals surface area (Å²) in [6.45, 7) is 7.08. The van der Waals surface area contributed by atoms with E-state index in [-0.39, 0.29) is 0 Å². The Balaban J connectivity index is 0.000000223. The fourth-order valence-corrected chi connectivity index (χ4v) is 3.65. The van der Waals surface area contributed by atoms with E-state index in [0.717, 1.165) is 61.0 Å². The second kappa shape index (κ2) is 12.8. The molecule has 7 heteroatoms. The van der Waals surface area contributed by atoms with Crippen LogP contribution in [0.4, 0.5) is 11.4 Å². The molecule has 1 fully saturated rings. The number of hydrogen-bond acceptors (Lipinski definition) is 6. The second-order valence-electron chi connectivity index (χ2n) is 8.70. The molecule has 0 radical (unpaired) electrons. The summed E-state index contributed by atoms with van der Waals surface area (Å²) in [4.78, 5) is 15.5. The van der Waals surface area contributed by atoms with Crippen LogP contribution in [-0.4, -0.2) is 69.5 Å². The number of carboxylic acid groups (broad SMARTS) is 1. The first kappa shape index (κ1) is 26.1. The molecule has 3 aromatic carbocycles. The van der Waals surface area contributed by atoms with Gasteiger partial charge in [-0.1, -0.05) is 18.2 Å². The van der Waals surface area contributed by atoms with Crippen LogP contribution in [0, 0.1) is 6.92 Å². The van der Waals surface area contributed by atoms with E-state index in [1.165, 1.54) is 5.69 Å². The van der Waals surface area contributed by atoms with Crippen LogP contribution in [0.15, 0.2) is 66.7 Å². The van der Waals surface area contributed by atoms with Gasteiger partial charge in [-0.3, -0.25) is 0 Å². The summed E-state index contributed by atoms with van der Waals surface area (Å²) < 4.78 is 10.9. The number of benzene rings is 3. The molecule has 186 valence electrons. The first-order chi connectivity index (χ1) is 16.8. The van der Waals surface area contributed by atoms with Gasteiger partial charge in [0.1, 0.15) is 12.4 Å². The Morgan fingerprint density at radius 2 is 1.69 bits per heavy atom. The van der Waals surface area contributed by atoms with Gasteiger partial charge < -0.3 is 30.1 Å². The van der Waals surface area contributed by atoms with Crippen molar-refractivity contribution in [2.24, 2.45) is 0 Å². The van der Waals surface area contributed by atoms with Gasteiger partial charge in [0.15, 0.2) is 0 Å². The molecule has 7 nitrogen and oxygen atoms in total. The Labute approximate surface area is 207 Å². The third-order valence-electron chi connectivity index (χ3n) is 5.73. The highest BCUT2D eigenvalue weighted by atomic mass is 16.5. The zero-order valence-electron chi connectivity index (χ0n) is 20.7. The van der Waals surface area contributed by atoms with Crippen molar-refractivity contribution in [1.82, 2.24) is 4.90 Å². The molecule has 1 heterocycles. The van der Waals surface area contributed by atoms with Crippen molar-refractivity contribution >= 4 is 17.3 Å². The lowest BCUT2D eigenvalue weighted by atomic mass is 9.98. The largest absolute Gasteiger partial charge is 0.492 e. The molecule has 0 aromatic heterocycles. The van der Waals surface area contributed by atoms with Gasteiger partial charge in [0.25, 0.3) is 0 Å². The van der Waals surface area contributed by atoms with Crippen molar-refractivity contribution in [2.75, 3.05) is 64.2 Å². The average Bonchev–Trinajstić information content (AvgIpc) is 2.86. The van der Waals surface area contributed by atoms with Crippen LogP contribution >= 0.6 is 0 Å². The van der Waals surface area contributed by atoms with E-state index in [9.17, 15) is 4.79 Å². The molecule has 0 aliphatic carbocycles. The van der Waals surface area contributed by atoms with Crippen LogP contribution in [0.1, 0.15) is 15.9 Å². The van der Waals surface area contributed by atoms with Gasteiger partial charge >= 0.3 is 5.97 Å². The number of rotatable bonds is 7. The zero-order valence-corrected chi connectivity index (χ0v) is 20.7. The number of nitrogens with two attached hydrogens (primary N) is 1. The SMILES string of the molecule is Cc1ccc(C(=O)O)cc1-c1ccc(OCCN(C)C)cc1.Nc1ccc(N2CCOCC2)cc1. The van der Waals surface area contributed by atoms with Crippen LogP contribution in [0.3, 0.4) is 0 Å². The maximum atomic E-state index is 11.1. The molecule has 1 aliphatic heterocycles. The van der Waals surface area contributed by atoms with E-state index in [2.05, 4.69) is 21.9 Å². The number of aromatic carboxylic acids is 1. The summed E-state index contributed by atoms with van der Waals surface area (Å²) >= 11 is 0. The summed E-state index contributed by atoms with van der Waals surface area (Å²) in [6.07, 6.45) is 0. The fraction of sp³-hybridized carbons (Fsp3) is 0.321. The fourth-order valence-electron chi connectivity index (χ4n) is 3.65. The number of nitrogen functional groups attached to an aromatic ring is 1. The number of hydrogen-bond donors (Lipinski definition) is 2. The van der Waals surface area contributed by atoms with Crippen molar-refractivity contribution in [1.29, 1.82) is 0 Å². The second-order valence-corrected chi connectivity index (χ2v) is 8.70. The molecule has 0 saturated carbocycles. The van der Waals surface area contributed by atoms with Gasteiger partial charge in [0, 0.05) is 31.0 Å². The smallest absolute Gasteiger partial charge is 0.335 e. The summed E-state index contributed by atoms with van der Waals surface area (Å²) in [5.41, 5.74) is 10.9. The normalized spacial score (nSPS) is 13.2. The highest BCUT2D eigenvalue weighted by molar-refractivity contribution is 5.90. The highest BCUT2D eigenvalue weighted by Crippen LogP contribution is 2.26. The third kappa shape index (κ3) is 8.02. The molecule has 0 spiro atoms. The lowest BCUT2D eigenvalue weighted by molar-refractivity contribution is 0.0697. The Morgan fingerprint density at radius 1 is 1.03 bits per heavy atom. The van der Waals surface area contributed by atoms with Gasteiger partial charge in [-0.05, 0) is 86.2 Å². The number of carbonyl (C=O) groups is 1. The van der Waals surface area contributed by atoms with Crippen molar-refractivity contribution in [3.63, 3.8) is 0 Å². The van der Waals surface area contributed by atoms with Crippen LogP contribution in [0.5, 0.6) is 5.75 Å². The van der Waals surface area contributed by atoms with E-state index < -0.39 is 5.97 Å². The number of carboxylic acids is 1. The molecule has 1 aliphatic rings. The Hall–Kier alpha value is -3.55. The minimum Gasteiger partial charge on any atom is -0.492 e. The predicted molar refractivity (Wildman–Crippen MR) is 142 cm³/mol. The third-order valence-corrected chi connectivity index (χ3v) is 5.73. The molecule has 35 heavy (non-hydrogen) atoms. The van der Waals surface area contributed by atoms with Crippen molar-refractivity contribution in [2.45, 2.75) is 6.92 Å². The summed E-state index contributed by atoms with van der Waals surface area (Å²) in [6, 6.07) is 20.9. The number of anilines is 2. The summed E-state index contributed by atoms with van der Waals surface area (Å²) in [5.74, 6) is -0.0949. The van der Waals surface area contributed by atoms with Crippen LogP contribution < -0.4 is 15.4 Å². The predicted octanol–water partition coefficient (Wildman–Crippen LogP) is 4.41. The summed E-state index contributed by atoms with van der Waals surface area (Å²) in [5, 5.41) is 9.11. The number of ether oxygens (including phenoxy) is 2. The molecule has 1 saturated heterocycles. The van der Waals surface area contributed by atoms with E-state index in [4.69, 9.17) is 20.3 Å².